The lowest BCUT2D eigenvalue weighted by Crippen LogP contribution is -2.36. The smallest absolute Gasteiger partial charge is 0.0471 e. The summed E-state index contributed by atoms with van der Waals surface area (Å²) >= 11 is 0. The normalized spacial score (nSPS) is 21.2. The largest absolute Gasteiger partial charge is 0.396 e. The van der Waals surface area contributed by atoms with E-state index in [2.05, 4.69) is 37.8 Å². The minimum atomic E-state index is 0.336. The number of hydrogen-bond acceptors (Lipinski definition) is 2. The molecular weight excluding hydrogens is 222 g/mol. The van der Waals surface area contributed by atoms with E-state index in [1.165, 1.54) is 41.6 Å². The van der Waals surface area contributed by atoms with Gasteiger partial charge in [0.05, 0.1) is 0 Å². The van der Waals surface area contributed by atoms with Gasteiger partial charge >= 0.3 is 0 Å². The average molecular weight is 247 g/mol. The van der Waals surface area contributed by atoms with Crippen molar-refractivity contribution in [3.8, 4) is 0 Å². The van der Waals surface area contributed by atoms with Gasteiger partial charge < -0.3 is 5.11 Å². The van der Waals surface area contributed by atoms with E-state index >= 15 is 0 Å². The first kappa shape index (κ1) is 13.6. The summed E-state index contributed by atoms with van der Waals surface area (Å²) in [7, 11) is 0. The van der Waals surface area contributed by atoms with Gasteiger partial charge in [0.2, 0.25) is 0 Å². The number of rotatable bonds is 3. The molecule has 1 unspecified atom stereocenters. The van der Waals surface area contributed by atoms with Gasteiger partial charge in [0.15, 0.2) is 0 Å². The zero-order valence-electron chi connectivity index (χ0n) is 11.9. The Balaban J connectivity index is 2.09. The topological polar surface area (TPSA) is 23.5 Å². The summed E-state index contributed by atoms with van der Waals surface area (Å²) in [4.78, 5) is 2.50. The zero-order chi connectivity index (χ0) is 13.1. The van der Waals surface area contributed by atoms with Crippen LogP contribution in [0.1, 0.15) is 35.1 Å². The first-order valence-electron chi connectivity index (χ1n) is 7.00. The standard InChI is InChI=1S/C16H25NO/c1-12-7-13(2)16(14(3)8-12)10-17-6-4-5-15(9-17)11-18/h7-8,15,18H,4-6,9-11H2,1-3H3. The van der Waals surface area contributed by atoms with Crippen LogP contribution in [-0.2, 0) is 6.54 Å². The molecule has 1 aromatic carbocycles. The second kappa shape index (κ2) is 5.85. The van der Waals surface area contributed by atoms with Crippen LogP contribution in [0, 0.1) is 26.7 Å². The molecule has 100 valence electrons. The van der Waals surface area contributed by atoms with E-state index in [0.29, 0.717) is 12.5 Å². The molecule has 0 aliphatic carbocycles. The number of aliphatic hydroxyl groups is 1. The van der Waals surface area contributed by atoms with Gasteiger partial charge in [0.25, 0.3) is 0 Å². The minimum absolute atomic E-state index is 0.336. The summed E-state index contributed by atoms with van der Waals surface area (Å²) in [5.74, 6) is 0.477. The van der Waals surface area contributed by atoms with Crippen molar-refractivity contribution in [3.05, 3.63) is 34.4 Å². The molecule has 1 fully saturated rings. The molecule has 1 aromatic rings. The predicted molar refractivity (Wildman–Crippen MR) is 75.7 cm³/mol. The zero-order valence-corrected chi connectivity index (χ0v) is 11.9. The Labute approximate surface area is 111 Å². The molecule has 1 aliphatic heterocycles. The van der Waals surface area contributed by atoms with Crippen LogP contribution >= 0.6 is 0 Å². The molecule has 2 rings (SSSR count). The molecule has 0 saturated carbocycles. The fourth-order valence-corrected chi connectivity index (χ4v) is 3.13. The van der Waals surface area contributed by atoms with Crippen LogP contribution in [0.3, 0.4) is 0 Å². The van der Waals surface area contributed by atoms with Crippen molar-refractivity contribution >= 4 is 0 Å². The Morgan fingerprint density at radius 2 is 1.89 bits per heavy atom. The highest BCUT2D eigenvalue weighted by Crippen LogP contribution is 2.22. The fourth-order valence-electron chi connectivity index (χ4n) is 3.13. The van der Waals surface area contributed by atoms with Gasteiger partial charge in [-0.15, -0.1) is 0 Å². The van der Waals surface area contributed by atoms with Gasteiger partial charge in [0, 0.05) is 19.7 Å². The van der Waals surface area contributed by atoms with Crippen molar-refractivity contribution in [1.29, 1.82) is 0 Å². The SMILES string of the molecule is Cc1cc(C)c(CN2CCCC(CO)C2)c(C)c1. The first-order valence-corrected chi connectivity index (χ1v) is 7.00. The maximum Gasteiger partial charge on any atom is 0.0471 e. The fraction of sp³-hybridized carbons (Fsp3) is 0.625. The van der Waals surface area contributed by atoms with Crippen LogP contribution in [0.15, 0.2) is 12.1 Å². The Kier molecular flexibility index (Phi) is 4.41. The maximum absolute atomic E-state index is 9.29. The average Bonchev–Trinajstić information content (AvgIpc) is 2.34. The first-order chi connectivity index (χ1) is 8.60. The quantitative estimate of drug-likeness (QED) is 0.888. The lowest BCUT2D eigenvalue weighted by atomic mass is 9.96. The van der Waals surface area contributed by atoms with Gasteiger partial charge in [-0.1, -0.05) is 17.7 Å². The highest BCUT2D eigenvalue weighted by molar-refractivity contribution is 5.37. The minimum Gasteiger partial charge on any atom is -0.396 e. The Hall–Kier alpha value is -0.860. The van der Waals surface area contributed by atoms with Crippen LogP contribution in [0.25, 0.3) is 0 Å². The number of nitrogens with zero attached hydrogens (tertiary/aromatic N) is 1. The lowest BCUT2D eigenvalue weighted by molar-refractivity contribution is 0.115. The van der Waals surface area contributed by atoms with E-state index in [9.17, 15) is 5.11 Å². The molecule has 0 bridgehead atoms. The number of hydrogen-bond donors (Lipinski definition) is 1. The van der Waals surface area contributed by atoms with Gasteiger partial charge in [-0.25, -0.2) is 0 Å². The van der Waals surface area contributed by atoms with Crippen LogP contribution in [0.2, 0.25) is 0 Å². The van der Waals surface area contributed by atoms with E-state index in [1.807, 2.05) is 0 Å². The van der Waals surface area contributed by atoms with Crippen LogP contribution in [0.4, 0.5) is 0 Å². The van der Waals surface area contributed by atoms with Crippen LogP contribution < -0.4 is 0 Å². The molecule has 0 amide bonds. The summed E-state index contributed by atoms with van der Waals surface area (Å²) in [5, 5.41) is 9.29. The number of aryl methyl sites for hydroxylation is 3. The number of aliphatic hydroxyl groups excluding tert-OH is 1. The van der Waals surface area contributed by atoms with Crippen molar-refractivity contribution in [2.45, 2.75) is 40.2 Å². The summed E-state index contributed by atoms with van der Waals surface area (Å²) in [6, 6.07) is 4.55. The predicted octanol–water partition coefficient (Wildman–Crippen LogP) is 2.82. The number of benzene rings is 1. The number of likely N-dealkylation sites (tertiary alicyclic amines) is 1. The van der Waals surface area contributed by atoms with E-state index in [4.69, 9.17) is 0 Å². The molecule has 18 heavy (non-hydrogen) atoms. The highest BCUT2D eigenvalue weighted by Gasteiger charge is 2.20. The third-order valence-corrected chi connectivity index (χ3v) is 4.08. The maximum atomic E-state index is 9.29. The molecular formula is C16H25NO. The Morgan fingerprint density at radius 1 is 1.22 bits per heavy atom. The van der Waals surface area contributed by atoms with Crippen molar-refractivity contribution < 1.29 is 5.11 Å². The molecule has 0 spiro atoms. The molecule has 1 atom stereocenters. The molecule has 1 heterocycles. The summed E-state index contributed by atoms with van der Waals surface area (Å²) in [6.45, 7) is 10.2. The molecule has 2 heteroatoms. The second-order valence-corrected chi connectivity index (χ2v) is 5.80. The molecule has 1 aliphatic rings. The summed E-state index contributed by atoms with van der Waals surface area (Å²) < 4.78 is 0. The molecule has 1 N–H and O–H groups in total. The van der Waals surface area contributed by atoms with Gasteiger partial charge in [-0.2, -0.15) is 0 Å². The monoisotopic (exact) mass is 247 g/mol. The van der Waals surface area contributed by atoms with Crippen molar-refractivity contribution in [2.24, 2.45) is 5.92 Å². The van der Waals surface area contributed by atoms with E-state index < -0.39 is 0 Å². The van der Waals surface area contributed by atoms with E-state index in [-0.39, 0.29) is 0 Å². The molecule has 2 nitrogen and oxygen atoms in total. The molecule has 0 radical (unpaired) electrons. The van der Waals surface area contributed by atoms with Crippen LogP contribution in [-0.4, -0.2) is 29.7 Å². The van der Waals surface area contributed by atoms with Crippen molar-refractivity contribution in [2.75, 3.05) is 19.7 Å². The van der Waals surface area contributed by atoms with Gasteiger partial charge in [-0.3, -0.25) is 4.90 Å². The van der Waals surface area contributed by atoms with Gasteiger partial charge in [0.1, 0.15) is 0 Å². The van der Waals surface area contributed by atoms with E-state index in [0.717, 1.165) is 13.1 Å². The highest BCUT2D eigenvalue weighted by atomic mass is 16.3. The Bertz CT molecular complexity index is 391. The second-order valence-electron chi connectivity index (χ2n) is 5.80. The van der Waals surface area contributed by atoms with Crippen LogP contribution in [0.5, 0.6) is 0 Å². The van der Waals surface area contributed by atoms with Gasteiger partial charge in [-0.05, 0) is 62.8 Å². The molecule has 0 aromatic heterocycles. The lowest BCUT2D eigenvalue weighted by Gasteiger charge is -2.32. The Morgan fingerprint density at radius 3 is 2.50 bits per heavy atom. The third kappa shape index (κ3) is 3.12. The summed E-state index contributed by atoms with van der Waals surface area (Å²) in [5.41, 5.74) is 5.62. The van der Waals surface area contributed by atoms with Crippen molar-refractivity contribution in [1.82, 2.24) is 4.90 Å². The number of piperidine rings is 1. The summed E-state index contributed by atoms with van der Waals surface area (Å²) in [6.07, 6.45) is 2.40. The third-order valence-electron chi connectivity index (χ3n) is 4.08. The van der Waals surface area contributed by atoms with E-state index in [1.54, 1.807) is 0 Å². The molecule has 1 saturated heterocycles. The van der Waals surface area contributed by atoms with Crippen molar-refractivity contribution in [3.63, 3.8) is 0 Å².